The Bertz CT molecular complexity index is 355. The molecule has 5 nitrogen and oxygen atoms in total. The summed E-state index contributed by atoms with van der Waals surface area (Å²) in [5, 5.41) is 3.74. The minimum absolute atomic E-state index is 0.227. The van der Waals surface area contributed by atoms with Crippen LogP contribution in [0.2, 0.25) is 0 Å². The van der Waals surface area contributed by atoms with Crippen molar-refractivity contribution < 1.29 is 9.32 Å². The first-order valence-electron chi connectivity index (χ1n) is 5.28. The fourth-order valence-corrected chi connectivity index (χ4v) is 1.69. The Hall–Kier alpha value is -1.39. The van der Waals surface area contributed by atoms with Crippen LogP contribution >= 0.6 is 0 Å². The van der Waals surface area contributed by atoms with Gasteiger partial charge in [-0.25, -0.2) is 0 Å². The molecule has 0 aliphatic carbocycles. The average Bonchev–Trinajstić information content (AvgIpc) is 2.49. The second-order valence-corrected chi connectivity index (χ2v) is 3.93. The predicted octanol–water partition coefficient (Wildman–Crippen LogP) is 1.10. The van der Waals surface area contributed by atoms with Gasteiger partial charge in [0, 0.05) is 19.5 Å². The maximum atomic E-state index is 11.5. The van der Waals surface area contributed by atoms with Crippen LogP contribution in [0.1, 0.15) is 37.4 Å². The zero-order valence-corrected chi connectivity index (χ0v) is 9.06. The van der Waals surface area contributed by atoms with Crippen LogP contribution in [-0.4, -0.2) is 34.0 Å². The molecule has 5 heteroatoms. The largest absolute Gasteiger partial charge is 0.341 e. The summed E-state index contributed by atoms with van der Waals surface area (Å²) in [6, 6.07) is 0. The number of carbonyl (C=O) groups is 1. The van der Waals surface area contributed by atoms with Crippen molar-refractivity contribution in [2.24, 2.45) is 0 Å². The number of aryl methyl sites for hydroxylation is 1. The van der Waals surface area contributed by atoms with Gasteiger partial charge in [-0.3, -0.25) is 4.79 Å². The number of carbonyl (C=O) groups excluding carboxylic acids is 1. The fourth-order valence-electron chi connectivity index (χ4n) is 1.69. The Kier molecular flexibility index (Phi) is 2.70. The molecule has 0 bridgehead atoms. The molecule has 15 heavy (non-hydrogen) atoms. The third-order valence-electron chi connectivity index (χ3n) is 2.59. The standard InChI is InChI=1S/C10H15N3O2/c1-3-4-9(14)13-5-8(6-13)10-11-7(2)12-15-10/h8H,3-6H2,1-2H3. The molecule has 1 aliphatic rings. The van der Waals surface area contributed by atoms with Crippen molar-refractivity contribution in [1.29, 1.82) is 0 Å². The number of amides is 1. The summed E-state index contributed by atoms with van der Waals surface area (Å²) in [5.41, 5.74) is 0. The fraction of sp³-hybridized carbons (Fsp3) is 0.700. The summed E-state index contributed by atoms with van der Waals surface area (Å²) in [5.74, 6) is 1.79. The highest BCUT2D eigenvalue weighted by Gasteiger charge is 2.34. The third kappa shape index (κ3) is 2.00. The number of hydrogen-bond acceptors (Lipinski definition) is 4. The second-order valence-electron chi connectivity index (χ2n) is 3.93. The van der Waals surface area contributed by atoms with E-state index in [1.54, 1.807) is 6.92 Å². The number of hydrogen-bond donors (Lipinski definition) is 0. The van der Waals surface area contributed by atoms with Crippen molar-refractivity contribution in [3.05, 3.63) is 11.7 Å². The van der Waals surface area contributed by atoms with Crippen LogP contribution in [0.25, 0.3) is 0 Å². The molecule has 1 fully saturated rings. The van der Waals surface area contributed by atoms with Gasteiger partial charge in [0.05, 0.1) is 5.92 Å². The van der Waals surface area contributed by atoms with Crippen molar-refractivity contribution in [2.75, 3.05) is 13.1 Å². The van der Waals surface area contributed by atoms with Gasteiger partial charge in [-0.15, -0.1) is 0 Å². The quantitative estimate of drug-likeness (QED) is 0.748. The topological polar surface area (TPSA) is 59.2 Å². The van der Waals surface area contributed by atoms with Crippen LogP contribution in [0.4, 0.5) is 0 Å². The lowest BCUT2D eigenvalue weighted by Crippen LogP contribution is -2.48. The lowest BCUT2D eigenvalue weighted by Gasteiger charge is -2.37. The van der Waals surface area contributed by atoms with E-state index in [2.05, 4.69) is 10.1 Å². The molecule has 1 aromatic heterocycles. The minimum Gasteiger partial charge on any atom is -0.341 e. The van der Waals surface area contributed by atoms with Gasteiger partial charge >= 0.3 is 0 Å². The first-order valence-corrected chi connectivity index (χ1v) is 5.28. The normalized spacial score (nSPS) is 16.5. The predicted molar refractivity (Wildman–Crippen MR) is 53.3 cm³/mol. The molecule has 0 saturated carbocycles. The van der Waals surface area contributed by atoms with Crippen molar-refractivity contribution in [2.45, 2.75) is 32.6 Å². The van der Waals surface area contributed by atoms with E-state index in [0.29, 0.717) is 18.1 Å². The molecule has 1 aliphatic heterocycles. The highest BCUT2D eigenvalue weighted by atomic mass is 16.5. The van der Waals surface area contributed by atoms with Crippen molar-refractivity contribution in [3.8, 4) is 0 Å². The lowest BCUT2D eigenvalue weighted by molar-refractivity contribution is -0.136. The summed E-state index contributed by atoms with van der Waals surface area (Å²) in [4.78, 5) is 17.5. The van der Waals surface area contributed by atoms with Crippen molar-refractivity contribution in [3.63, 3.8) is 0 Å². The Morgan fingerprint density at radius 2 is 2.33 bits per heavy atom. The molecule has 0 atom stereocenters. The first-order chi connectivity index (χ1) is 7.20. The highest BCUT2D eigenvalue weighted by molar-refractivity contribution is 5.77. The van der Waals surface area contributed by atoms with Crippen LogP contribution in [0.15, 0.2) is 4.52 Å². The lowest BCUT2D eigenvalue weighted by atomic mass is 9.99. The maximum Gasteiger partial charge on any atom is 0.233 e. The number of rotatable bonds is 3. The van der Waals surface area contributed by atoms with Gasteiger partial charge in [0.15, 0.2) is 5.82 Å². The van der Waals surface area contributed by atoms with Crippen molar-refractivity contribution >= 4 is 5.91 Å². The molecular formula is C10H15N3O2. The summed E-state index contributed by atoms with van der Waals surface area (Å²) in [6.07, 6.45) is 1.54. The van der Waals surface area contributed by atoms with E-state index in [1.807, 2.05) is 11.8 Å². The molecule has 1 saturated heterocycles. The Morgan fingerprint density at radius 1 is 1.60 bits per heavy atom. The van der Waals surface area contributed by atoms with E-state index >= 15 is 0 Å². The smallest absolute Gasteiger partial charge is 0.233 e. The summed E-state index contributed by atoms with van der Waals surface area (Å²) >= 11 is 0. The summed E-state index contributed by atoms with van der Waals surface area (Å²) < 4.78 is 5.06. The van der Waals surface area contributed by atoms with Crippen LogP contribution < -0.4 is 0 Å². The van der Waals surface area contributed by atoms with Crippen LogP contribution in [-0.2, 0) is 4.79 Å². The maximum absolute atomic E-state index is 11.5. The van der Waals surface area contributed by atoms with Gasteiger partial charge in [0.25, 0.3) is 0 Å². The zero-order valence-electron chi connectivity index (χ0n) is 9.06. The van der Waals surface area contributed by atoms with Gasteiger partial charge in [0.2, 0.25) is 11.8 Å². The van der Waals surface area contributed by atoms with Gasteiger partial charge in [-0.05, 0) is 13.3 Å². The van der Waals surface area contributed by atoms with Gasteiger partial charge in [-0.2, -0.15) is 4.98 Å². The van der Waals surface area contributed by atoms with E-state index in [4.69, 9.17) is 4.52 Å². The minimum atomic E-state index is 0.227. The third-order valence-corrected chi connectivity index (χ3v) is 2.59. The van der Waals surface area contributed by atoms with Gasteiger partial charge in [-0.1, -0.05) is 12.1 Å². The molecular weight excluding hydrogens is 194 g/mol. The molecule has 0 radical (unpaired) electrons. The Morgan fingerprint density at radius 3 is 2.87 bits per heavy atom. The second kappa shape index (κ2) is 4.00. The van der Waals surface area contributed by atoms with Gasteiger partial charge in [0.1, 0.15) is 0 Å². The van der Waals surface area contributed by atoms with Gasteiger partial charge < -0.3 is 9.42 Å². The summed E-state index contributed by atoms with van der Waals surface area (Å²) in [6.45, 7) is 5.25. The molecule has 0 spiro atoms. The van der Waals surface area contributed by atoms with E-state index < -0.39 is 0 Å². The molecule has 0 N–H and O–H groups in total. The molecule has 1 aromatic rings. The molecule has 2 heterocycles. The molecule has 0 aromatic carbocycles. The van der Waals surface area contributed by atoms with E-state index in [0.717, 1.165) is 19.5 Å². The Balaban J connectivity index is 1.85. The monoisotopic (exact) mass is 209 g/mol. The molecule has 82 valence electrons. The zero-order chi connectivity index (χ0) is 10.8. The molecule has 2 rings (SSSR count). The Labute approximate surface area is 88.5 Å². The van der Waals surface area contributed by atoms with Crippen LogP contribution in [0.3, 0.4) is 0 Å². The molecule has 0 unspecified atom stereocenters. The van der Waals surface area contributed by atoms with Crippen molar-refractivity contribution in [1.82, 2.24) is 15.0 Å². The first kappa shape index (κ1) is 10.1. The SMILES string of the molecule is CCCC(=O)N1CC(c2nc(C)no2)C1. The highest BCUT2D eigenvalue weighted by Crippen LogP contribution is 2.26. The van der Waals surface area contributed by atoms with E-state index in [1.165, 1.54) is 0 Å². The number of likely N-dealkylation sites (tertiary alicyclic amines) is 1. The van der Waals surface area contributed by atoms with E-state index in [9.17, 15) is 4.79 Å². The molecule has 1 amide bonds. The summed E-state index contributed by atoms with van der Waals surface area (Å²) in [7, 11) is 0. The van der Waals surface area contributed by atoms with Crippen LogP contribution in [0, 0.1) is 6.92 Å². The van der Waals surface area contributed by atoms with Crippen LogP contribution in [0.5, 0.6) is 0 Å². The number of nitrogens with zero attached hydrogens (tertiary/aromatic N) is 3. The van der Waals surface area contributed by atoms with E-state index in [-0.39, 0.29) is 11.8 Å². The average molecular weight is 209 g/mol. The number of aromatic nitrogens is 2.